The number of anilines is 1. The third-order valence-corrected chi connectivity index (χ3v) is 4.51. The molecule has 0 unspecified atom stereocenters. The molecule has 1 aromatic heterocycles. The zero-order chi connectivity index (χ0) is 19.8. The van der Waals surface area contributed by atoms with E-state index in [-0.39, 0.29) is 24.2 Å². The van der Waals surface area contributed by atoms with Crippen molar-refractivity contribution in [3.8, 4) is 0 Å². The van der Waals surface area contributed by atoms with Crippen LogP contribution in [0.4, 0.5) is 14.9 Å². The van der Waals surface area contributed by atoms with Crippen LogP contribution in [0.5, 0.6) is 0 Å². The molecule has 2 rings (SSSR count). The Morgan fingerprint density at radius 2 is 2.07 bits per heavy atom. The number of urea groups is 1. The van der Waals surface area contributed by atoms with Crippen molar-refractivity contribution < 1.29 is 18.7 Å². The highest BCUT2D eigenvalue weighted by Crippen LogP contribution is 2.17. The van der Waals surface area contributed by atoms with Crippen LogP contribution in [0.25, 0.3) is 0 Å². The molecule has 0 saturated heterocycles. The summed E-state index contributed by atoms with van der Waals surface area (Å²) in [6.45, 7) is 4.74. The van der Waals surface area contributed by atoms with Crippen LogP contribution in [-0.2, 0) is 11.3 Å². The number of hydrogen-bond acceptors (Lipinski definition) is 5. The fourth-order valence-corrected chi connectivity index (χ4v) is 3.00. The topological polar surface area (TPSA) is 83.6 Å². The molecule has 0 radical (unpaired) electrons. The van der Waals surface area contributed by atoms with E-state index in [4.69, 9.17) is 4.74 Å². The molecule has 27 heavy (non-hydrogen) atoms. The van der Waals surface area contributed by atoms with E-state index in [9.17, 15) is 14.0 Å². The van der Waals surface area contributed by atoms with Crippen molar-refractivity contribution in [2.24, 2.45) is 0 Å². The second-order valence-electron chi connectivity index (χ2n) is 6.01. The Balaban J connectivity index is 2.03. The molecule has 0 aliphatic heterocycles. The van der Waals surface area contributed by atoms with Gasteiger partial charge >= 0.3 is 6.03 Å². The number of rotatable bonds is 8. The lowest BCUT2D eigenvalue weighted by molar-refractivity contribution is 0.0932. The van der Waals surface area contributed by atoms with E-state index >= 15 is 0 Å². The minimum absolute atomic E-state index is 0.116. The summed E-state index contributed by atoms with van der Waals surface area (Å²) in [4.78, 5) is 30.4. The fourth-order valence-electron chi connectivity index (χ4n) is 2.23. The quantitative estimate of drug-likeness (QED) is 0.674. The van der Waals surface area contributed by atoms with Gasteiger partial charge in [0.15, 0.2) is 0 Å². The Morgan fingerprint density at radius 3 is 2.74 bits per heavy atom. The van der Waals surface area contributed by atoms with Crippen molar-refractivity contribution in [3.63, 3.8) is 0 Å². The number of thiazole rings is 1. The molecule has 1 heterocycles. The van der Waals surface area contributed by atoms with Crippen molar-refractivity contribution in [3.05, 3.63) is 46.2 Å². The van der Waals surface area contributed by atoms with Gasteiger partial charge in [0.2, 0.25) is 0 Å². The lowest BCUT2D eigenvalue weighted by Gasteiger charge is -2.26. The predicted molar refractivity (Wildman–Crippen MR) is 102 cm³/mol. The van der Waals surface area contributed by atoms with Crippen LogP contribution < -0.4 is 10.6 Å². The molecule has 7 nitrogen and oxygen atoms in total. The van der Waals surface area contributed by atoms with Gasteiger partial charge in [-0.05, 0) is 26.0 Å². The number of nitrogens with one attached hydrogen (secondary N) is 2. The SMILES string of the molecule is COCCNC(=O)c1csc(CN(C(=O)Nc2ccccc2F)C(C)C)n1. The molecule has 0 fully saturated rings. The molecular formula is C18H23FN4O3S. The van der Waals surface area contributed by atoms with Crippen molar-refractivity contribution in [2.75, 3.05) is 25.6 Å². The first-order chi connectivity index (χ1) is 12.9. The van der Waals surface area contributed by atoms with E-state index in [1.807, 2.05) is 13.8 Å². The smallest absolute Gasteiger partial charge is 0.322 e. The minimum atomic E-state index is -0.501. The Morgan fingerprint density at radius 1 is 1.33 bits per heavy atom. The first kappa shape index (κ1) is 20.8. The number of para-hydroxylation sites is 1. The monoisotopic (exact) mass is 394 g/mol. The van der Waals surface area contributed by atoms with Gasteiger partial charge in [-0.2, -0.15) is 0 Å². The number of methoxy groups -OCH3 is 1. The summed E-state index contributed by atoms with van der Waals surface area (Å²) >= 11 is 1.29. The molecule has 0 spiro atoms. The number of benzene rings is 1. The lowest BCUT2D eigenvalue weighted by Crippen LogP contribution is -2.39. The van der Waals surface area contributed by atoms with E-state index in [0.717, 1.165) is 0 Å². The van der Waals surface area contributed by atoms with Crippen LogP contribution in [0.1, 0.15) is 29.3 Å². The molecule has 2 N–H and O–H groups in total. The Hall–Kier alpha value is -2.52. The van der Waals surface area contributed by atoms with Crippen LogP contribution in [0.15, 0.2) is 29.6 Å². The summed E-state index contributed by atoms with van der Waals surface area (Å²) in [5.74, 6) is -0.791. The third-order valence-electron chi connectivity index (χ3n) is 3.68. The van der Waals surface area contributed by atoms with Gasteiger partial charge in [0, 0.05) is 25.1 Å². The number of hydrogen-bond donors (Lipinski definition) is 2. The number of nitrogens with zero attached hydrogens (tertiary/aromatic N) is 2. The Bertz CT molecular complexity index is 781. The molecule has 3 amide bonds. The number of ether oxygens (including phenoxy) is 1. The first-order valence-corrected chi connectivity index (χ1v) is 9.34. The van der Waals surface area contributed by atoms with Crippen LogP contribution in [0.2, 0.25) is 0 Å². The summed E-state index contributed by atoms with van der Waals surface area (Å²) in [5.41, 5.74) is 0.412. The normalized spacial score (nSPS) is 10.7. The van der Waals surface area contributed by atoms with E-state index in [0.29, 0.717) is 23.9 Å². The number of halogens is 1. The zero-order valence-electron chi connectivity index (χ0n) is 15.5. The number of carbonyl (C=O) groups is 2. The van der Waals surface area contributed by atoms with Gasteiger partial charge in [0.05, 0.1) is 18.8 Å². The maximum absolute atomic E-state index is 13.8. The summed E-state index contributed by atoms with van der Waals surface area (Å²) < 4.78 is 18.6. The van der Waals surface area contributed by atoms with Gasteiger partial charge in [-0.1, -0.05) is 12.1 Å². The average Bonchev–Trinajstić information content (AvgIpc) is 3.10. The number of aromatic nitrogens is 1. The molecule has 9 heteroatoms. The van der Waals surface area contributed by atoms with E-state index in [1.165, 1.54) is 28.4 Å². The zero-order valence-corrected chi connectivity index (χ0v) is 16.3. The predicted octanol–water partition coefficient (Wildman–Crippen LogP) is 3.10. The van der Waals surface area contributed by atoms with Crippen LogP contribution >= 0.6 is 11.3 Å². The van der Waals surface area contributed by atoms with Gasteiger partial charge in [-0.3, -0.25) is 4.79 Å². The fraction of sp³-hybridized carbons (Fsp3) is 0.389. The minimum Gasteiger partial charge on any atom is -0.383 e. The standard InChI is InChI=1S/C18H23FN4O3S/c1-12(2)23(18(25)22-14-7-5-4-6-13(14)19)10-16-21-15(11-27-16)17(24)20-8-9-26-3/h4-7,11-12H,8-10H2,1-3H3,(H,20,24)(H,22,25). The largest absolute Gasteiger partial charge is 0.383 e. The maximum Gasteiger partial charge on any atom is 0.322 e. The number of amides is 3. The summed E-state index contributed by atoms with van der Waals surface area (Å²) in [5, 5.41) is 7.53. The molecule has 2 aromatic rings. The van der Waals surface area contributed by atoms with Gasteiger partial charge < -0.3 is 20.3 Å². The van der Waals surface area contributed by atoms with Crippen LogP contribution in [0, 0.1) is 5.82 Å². The van der Waals surface area contributed by atoms with Crippen molar-refractivity contribution in [1.82, 2.24) is 15.2 Å². The van der Waals surface area contributed by atoms with Crippen molar-refractivity contribution >= 4 is 29.0 Å². The summed E-state index contributed by atoms with van der Waals surface area (Å²) in [6, 6.07) is 5.41. The van der Waals surface area contributed by atoms with Gasteiger partial charge in [-0.15, -0.1) is 11.3 Å². The highest BCUT2D eigenvalue weighted by molar-refractivity contribution is 7.09. The molecule has 0 atom stereocenters. The average molecular weight is 394 g/mol. The highest BCUT2D eigenvalue weighted by Gasteiger charge is 2.21. The number of carbonyl (C=O) groups excluding carboxylic acids is 2. The lowest BCUT2D eigenvalue weighted by atomic mass is 10.3. The Kier molecular flexibility index (Phi) is 7.68. The van der Waals surface area contributed by atoms with E-state index in [1.54, 1.807) is 24.6 Å². The van der Waals surface area contributed by atoms with Gasteiger partial charge in [0.25, 0.3) is 5.91 Å². The van der Waals surface area contributed by atoms with Gasteiger partial charge in [0.1, 0.15) is 16.5 Å². The molecule has 146 valence electrons. The molecule has 0 aliphatic rings. The summed E-state index contributed by atoms with van der Waals surface area (Å²) in [6.07, 6.45) is 0. The first-order valence-electron chi connectivity index (χ1n) is 8.46. The molecule has 1 aromatic carbocycles. The van der Waals surface area contributed by atoms with Crippen LogP contribution in [0.3, 0.4) is 0 Å². The van der Waals surface area contributed by atoms with E-state index in [2.05, 4.69) is 15.6 Å². The van der Waals surface area contributed by atoms with E-state index < -0.39 is 11.8 Å². The second kappa shape index (κ2) is 9.98. The second-order valence-corrected chi connectivity index (χ2v) is 6.95. The third kappa shape index (κ3) is 6.00. The molecule has 0 bridgehead atoms. The maximum atomic E-state index is 13.8. The Labute approximate surface area is 161 Å². The van der Waals surface area contributed by atoms with Crippen LogP contribution in [-0.4, -0.2) is 48.1 Å². The molecule has 0 aliphatic carbocycles. The highest BCUT2D eigenvalue weighted by atomic mass is 32.1. The molecule has 0 saturated carbocycles. The van der Waals surface area contributed by atoms with Crippen molar-refractivity contribution in [2.45, 2.75) is 26.4 Å². The van der Waals surface area contributed by atoms with Gasteiger partial charge in [-0.25, -0.2) is 14.2 Å². The molecular weight excluding hydrogens is 371 g/mol. The van der Waals surface area contributed by atoms with Crippen molar-refractivity contribution in [1.29, 1.82) is 0 Å². The summed E-state index contributed by atoms with van der Waals surface area (Å²) in [7, 11) is 1.56.